The molecule has 16 heavy (non-hydrogen) atoms. The summed E-state index contributed by atoms with van der Waals surface area (Å²) in [6, 6.07) is 8.58. The van der Waals surface area contributed by atoms with E-state index in [4.69, 9.17) is 0 Å². The average molecular weight is 221 g/mol. The lowest BCUT2D eigenvalue weighted by Gasteiger charge is -1.99. The smallest absolute Gasteiger partial charge is 0.436 e. The number of rotatable bonds is 3. The largest absolute Gasteiger partial charge is 0.534 e. The third-order valence-electron chi connectivity index (χ3n) is 1.79. The molecule has 0 aliphatic carbocycles. The first-order valence-electron chi connectivity index (χ1n) is 4.54. The number of carbonyl (C=O) groups excluding carboxylic acids is 2. The van der Waals surface area contributed by atoms with Crippen molar-refractivity contribution in [3.63, 3.8) is 0 Å². The molecule has 0 aliphatic heterocycles. The van der Waals surface area contributed by atoms with E-state index in [1.54, 1.807) is 30.3 Å². The molecule has 0 bridgehead atoms. The molecule has 0 aromatic heterocycles. The maximum atomic E-state index is 11.7. The monoisotopic (exact) mass is 221 g/mol. The Hall–Kier alpha value is -2.17. The summed E-state index contributed by atoms with van der Waals surface area (Å²) in [6.07, 6.45) is -0.958. The van der Waals surface area contributed by atoms with Crippen LogP contribution in [-0.4, -0.2) is 24.8 Å². The van der Waals surface area contributed by atoms with Crippen LogP contribution in [0.2, 0.25) is 0 Å². The van der Waals surface area contributed by atoms with E-state index in [9.17, 15) is 9.59 Å². The van der Waals surface area contributed by atoms with Gasteiger partial charge in [-0.2, -0.15) is 0 Å². The summed E-state index contributed by atoms with van der Waals surface area (Å²) < 4.78 is 4.21. The molecule has 0 N–H and O–H groups in total. The van der Waals surface area contributed by atoms with E-state index < -0.39 is 6.16 Å². The Morgan fingerprint density at radius 3 is 2.38 bits per heavy atom. The number of hydrogen-bond donors (Lipinski definition) is 0. The van der Waals surface area contributed by atoms with Crippen LogP contribution in [0.4, 0.5) is 4.79 Å². The lowest BCUT2D eigenvalue weighted by atomic mass is 10.1. The van der Waals surface area contributed by atoms with Crippen molar-refractivity contribution in [3.05, 3.63) is 35.9 Å². The van der Waals surface area contributed by atoms with Crippen LogP contribution in [0.1, 0.15) is 17.3 Å². The van der Waals surface area contributed by atoms with Crippen LogP contribution in [0.15, 0.2) is 35.5 Å². The molecule has 0 saturated heterocycles. The summed E-state index contributed by atoms with van der Waals surface area (Å²) >= 11 is 0. The molecule has 0 radical (unpaired) electrons. The molecular formula is C11H11NO4. The minimum absolute atomic E-state index is 0.0802. The van der Waals surface area contributed by atoms with Gasteiger partial charge in [0.25, 0.3) is 0 Å². The van der Waals surface area contributed by atoms with E-state index in [1.807, 2.05) is 0 Å². The summed E-state index contributed by atoms with van der Waals surface area (Å²) in [5.74, 6) is -0.301. The number of ether oxygens (including phenoxy) is 1. The number of carbonyl (C=O) groups is 2. The van der Waals surface area contributed by atoms with Crippen molar-refractivity contribution in [2.75, 3.05) is 7.11 Å². The molecule has 1 rings (SSSR count). The highest BCUT2D eigenvalue weighted by Gasteiger charge is 2.10. The molecule has 0 fully saturated rings. The van der Waals surface area contributed by atoms with Crippen molar-refractivity contribution in [2.45, 2.75) is 6.92 Å². The van der Waals surface area contributed by atoms with Gasteiger partial charge in [0.1, 0.15) is 5.71 Å². The van der Waals surface area contributed by atoms with Crippen LogP contribution in [0.5, 0.6) is 0 Å². The highest BCUT2D eigenvalue weighted by molar-refractivity contribution is 6.45. The fourth-order valence-electron chi connectivity index (χ4n) is 0.983. The molecule has 0 unspecified atom stereocenters. The van der Waals surface area contributed by atoms with Gasteiger partial charge in [-0.05, 0) is 6.92 Å². The van der Waals surface area contributed by atoms with E-state index in [2.05, 4.69) is 14.7 Å². The molecule has 1 aromatic rings. The lowest BCUT2D eigenvalue weighted by molar-refractivity contribution is 0.0748. The van der Waals surface area contributed by atoms with Crippen molar-refractivity contribution in [3.8, 4) is 0 Å². The second kappa shape index (κ2) is 5.65. The maximum absolute atomic E-state index is 11.7. The topological polar surface area (TPSA) is 65.0 Å². The Labute approximate surface area is 92.7 Å². The van der Waals surface area contributed by atoms with Crippen molar-refractivity contribution in [1.29, 1.82) is 0 Å². The predicted molar refractivity (Wildman–Crippen MR) is 57.4 cm³/mol. The molecule has 5 nitrogen and oxygen atoms in total. The minimum Gasteiger partial charge on any atom is -0.436 e. The number of Topliss-reactive ketones (excluding diaryl/α,β-unsaturated/α-hetero) is 1. The lowest BCUT2D eigenvalue weighted by Crippen LogP contribution is -2.12. The third kappa shape index (κ3) is 3.20. The predicted octanol–water partition coefficient (Wildman–Crippen LogP) is 2.03. The first kappa shape index (κ1) is 11.9. The molecule has 0 atom stereocenters. The molecule has 0 aliphatic rings. The number of oxime groups is 1. The van der Waals surface area contributed by atoms with Gasteiger partial charge in [0, 0.05) is 5.56 Å². The first-order chi connectivity index (χ1) is 7.65. The Balaban J connectivity index is 2.71. The van der Waals surface area contributed by atoms with E-state index >= 15 is 0 Å². The molecule has 0 heterocycles. The molecule has 84 valence electrons. The quantitative estimate of drug-likeness (QED) is 0.257. The van der Waals surface area contributed by atoms with Crippen molar-refractivity contribution >= 4 is 17.7 Å². The van der Waals surface area contributed by atoms with Gasteiger partial charge in [-0.1, -0.05) is 35.5 Å². The number of methoxy groups -OCH3 is 1. The van der Waals surface area contributed by atoms with Crippen LogP contribution < -0.4 is 0 Å². The Kier molecular flexibility index (Phi) is 4.20. The van der Waals surface area contributed by atoms with Crippen LogP contribution in [0, 0.1) is 0 Å². The van der Waals surface area contributed by atoms with E-state index in [-0.39, 0.29) is 11.5 Å². The van der Waals surface area contributed by atoms with E-state index in [0.717, 1.165) is 7.11 Å². The highest BCUT2D eigenvalue weighted by atomic mass is 16.8. The van der Waals surface area contributed by atoms with Crippen molar-refractivity contribution in [2.24, 2.45) is 5.16 Å². The zero-order valence-corrected chi connectivity index (χ0v) is 8.97. The first-order valence-corrected chi connectivity index (χ1v) is 4.54. The number of nitrogens with zero attached hydrogens (tertiary/aromatic N) is 1. The van der Waals surface area contributed by atoms with Crippen LogP contribution in [0.25, 0.3) is 0 Å². The fraction of sp³-hybridized carbons (Fsp3) is 0.182. The van der Waals surface area contributed by atoms with Crippen LogP contribution in [-0.2, 0) is 9.57 Å². The van der Waals surface area contributed by atoms with Gasteiger partial charge in [-0.15, -0.1) is 0 Å². The molecule has 5 heteroatoms. The molecular weight excluding hydrogens is 210 g/mol. The average Bonchev–Trinajstić information content (AvgIpc) is 2.35. The summed E-state index contributed by atoms with van der Waals surface area (Å²) in [4.78, 5) is 26.6. The summed E-state index contributed by atoms with van der Waals surface area (Å²) in [7, 11) is 1.16. The summed E-state index contributed by atoms with van der Waals surface area (Å²) in [5, 5.41) is 3.36. The molecule has 0 amide bonds. The second-order valence-corrected chi connectivity index (χ2v) is 2.92. The van der Waals surface area contributed by atoms with Gasteiger partial charge in [0.2, 0.25) is 5.78 Å². The van der Waals surface area contributed by atoms with E-state index in [1.165, 1.54) is 6.92 Å². The van der Waals surface area contributed by atoms with Gasteiger partial charge in [-0.25, -0.2) is 4.79 Å². The standard InChI is InChI=1S/C11H11NO4/c1-8(12-16-11(14)15-2)10(13)9-6-4-3-5-7-9/h3-7H,1-2H3/b12-8-. The second-order valence-electron chi connectivity index (χ2n) is 2.92. The summed E-state index contributed by atoms with van der Waals surface area (Å²) in [5.41, 5.74) is 0.564. The van der Waals surface area contributed by atoms with Crippen molar-refractivity contribution < 1.29 is 19.2 Å². The number of hydrogen-bond acceptors (Lipinski definition) is 5. The highest BCUT2D eigenvalue weighted by Crippen LogP contribution is 2.01. The van der Waals surface area contributed by atoms with Gasteiger partial charge in [0.15, 0.2) is 0 Å². The minimum atomic E-state index is -0.958. The molecule has 1 aromatic carbocycles. The number of ketones is 1. The number of benzene rings is 1. The Morgan fingerprint density at radius 2 is 1.81 bits per heavy atom. The van der Waals surface area contributed by atoms with Gasteiger partial charge < -0.3 is 4.74 Å². The zero-order chi connectivity index (χ0) is 12.0. The van der Waals surface area contributed by atoms with Gasteiger partial charge >= 0.3 is 6.16 Å². The molecule has 0 saturated carbocycles. The Bertz CT molecular complexity index is 411. The fourth-order valence-corrected chi connectivity index (χ4v) is 0.983. The van der Waals surface area contributed by atoms with Gasteiger partial charge in [0.05, 0.1) is 7.11 Å². The summed E-state index contributed by atoms with van der Waals surface area (Å²) in [6.45, 7) is 1.46. The van der Waals surface area contributed by atoms with Crippen LogP contribution in [0.3, 0.4) is 0 Å². The van der Waals surface area contributed by atoms with Crippen molar-refractivity contribution in [1.82, 2.24) is 0 Å². The Morgan fingerprint density at radius 1 is 1.19 bits per heavy atom. The van der Waals surface area contributed by atoms with E-state index in [0.29, 0.717) is 5.56 Å². The SMILES string of the molecule is COC(=O)O/N=C(/C)C(=O)c1ccccc1. The molecule has 0 spiro atoms. The van der Waals surface area contributed by atoms with Crippen LogP contribution >= 0.6 is 0 Å². The normalized spacial score (nSPS) is 10.8. The zero-order valence-electron chi connectivity index (χ0n) is 8.97. The maximum Gasteiger partial charge on any atom is 0.534 e. The third-order valence-corrected chi connectivity index (χ3v) is 1.79. The van der Waals surface area contributed by atoms with Gasteiger partial charge in [-0.3, -0.25) is 9.63 Å².